The van der Waals surface area contributed by atoms with Crippen LogP contribution in [-0.4, -0.2) is 46.1 Å². The molecule has 0 radical (unpaired) electrons. The summed E-state index contributed by atoms with van der Waals surface area (Å²) in [6.45, 7) is 1.38. The molecule has 2 aliphatic rings. The molecular weight excluding hydrogens is 361 g/mol. The third-order valence-corrected chi connectivity index (χ3v) is 6.30. The lowest BCUT2D eigenvalue weighted by molar-refractivity contribution is -0.142. The standard InChI is InChI=1S/C21H26FN3O3/c22-15-3-6-17-18(12-23-19(17)11-15)13-7-9-25(10-8-13)21(28)24-16-4-1-14(2-5-16)20(26)27/h3,6,11-14,16,23H,1-2,4-5,7-10H2,(H,24,28)(H,26,27). The molecule has 150 valence electrons. The number of nitrogens with one attached hydrogen (secondary N) is 2. The number of nitrogens with zero attached hydrogens (tertiary/aromatic N) is 1. The van der Waals surface area contributed by atoms with E-state index in [9.17, 15) is 14.0 Å². The molecule has 0 spiro atoms. The van der Waals surface area contributed by atoms with Crippen molar-refractivity contribution >= 4 is 22.9 Å². The Bertz CT molecular complexity index is 865. The Labute approximate surface area is 163 Å². The molecule has 1 saturated carbocycles. The molecule has 1 aliphatic carbocycles. The van der Waals surface area contributed by atoms with Gasteiger partial charge in [0.15, 0.2) is 0 Å². The largest absolute Gasteiger partial charge is 0.481 e. The maximum atomic E-state index is 13.4. The van der Waals surface area contributed by atoms with Gasteiger partial charge in [0, 0.05) is 36.2 Å². The second-order valence-corrected chi connectivity index (χ2v) is 8.03. The second-order valence-electron chi connectivity index (χ2n) is 8.03. The minimum absolute atomic E-state index is 0.0433. The number of halogens is 1. The van der Waals surface area contributed by atoms with Crippen LogP contribution in [0.5, 0.6) is 0 Å². The van der Waals surface area contributed by atoms with Crippen molar-refractivity contribution in [3.63, 3.8) is 0 Å². The molecule has 7 heteroatoms. The Morgan fingerprint density at radius 1 is 1.11 bits per heavy atom. The van der Waals surface area contributed by atoms with Gasteiger partial charge in [-0.25, -0.2) is 9.18 Å². The van der Waals surface area contributed by atoms with E-state index in [4.69, 9.17) is 5.11 Å². The van der Waals surface area contributed by atoms with Crippen molar-refractivity contribution in [2.24, 2.45) is 5.92 Å². The number of benzene rings is 1. The molecule has 1 aromatic carbocycles. The number of carboxylic acid groups (broad SMARTS) is 1. The number of rotatable bonds is 3. The SMILES string of the molecule is O=C(O)C1CCC(NC(=O)N2CCC(c3c[nH]c4cc(F)ccc34)CC2)CC1. The van der Waals surface area contributed by atoms with Crippen LogP contribution < -0.4 is 5.32 Å². The summed E-state index contributed by atoms with van der Waals surface area (Å²) in [4.78, 5) is 28.6. The van der Waals surface area contributed by atoms with E-state index in [-0.39, 0.29) is 23.8 Å². The predicted octanol–water partition coefficient (Wildman–Crippen LogP) is 3.84. The summed E-state index contributed by atoms with van der Waals surface area (Å²) in [5.41, 5.74) is 2.01. The van der Waals surface area contributed by atoms with Crippen LogP contribution in [0, 0.1) is 11.7 Å². The Hall–Kier alpha value is -2.57. The summed E-state index contributed by atoms with van der Waals surface area (Å²) in [6, 6.07) is 4.85. The Morgan fingerprint density at radius 3 is 2.50 bits per heavy atom. The fraction of sp³-hybridized carbons (Fsp3) is 0.524. The highest BCUT2D eigenvalue weighted by Gasteiger charge is 2.29. The molecule has 28 heavy (non-hydrogen) atoms. The van der Waals surface area contributed by atoms with Gasteiger partial charge >= 0.3 is 12.0 Å². The maximum Gasteiger partial charge on any atom is 0.317 e. The van der Waals surface area contributed by atoms with Crippen molar-refractivity contribution in [3.05, 3.63) is 35.8 Å². The number of likely N-dealkylation sites (tertiary alicyclic amines) is 1. The first kappa shape index (κ1) is 18.8. The molecule has 3 N–H and O–H groups in total. The van der Waals surface area contributed by atoms with Crippen LogP contribution in [0.1, 0.15) is 50.0 Å². The van der Waals surface area contributed by atoms with Crippen LogP contribution in [0.15, 0.2) is 24.4 Å². The number of hydrogen-bond donors (Lipinski definition) is 3. The number of amides is 2. The zero-order chi connectivity index (χ0) is 19.7. The smallest absolute Gasteiger partial charge is 0.317 e. The second kappa shape index (κ2) is 7.81. The number of fused-ring (bicyclic) bond motifs is 1. The first-order valence-corrected chi connectivity index (χ1v) is 10.1. The van der Waals surface area contributed by atoms with Crippen LogP contribution in [0.4, 0.5) is 9.18 Å². The highest BCUT2D eigenvalue weighted by atomic mass is 19.1. The predicted molar refractivity (Wildman–Crippen MR) is 104 cm³/mol. The number of carboxylic acids is 1. The van der Waals surface area contributed by atoms with Gasteiger partial charge in [-0.3, -0.25) is 4.79 Å². The minimum atomic E-state index is -0.730. The third-order valence-electron chi connectivity index (χ3n) is 6.30. The molecule has 1 aliphatic heterocycles. The van der Waals surface area contributed by atoms with Crippen LogP contribution in [-0.2, 0) is 4.79 Å². The van der Waals surface area contributed by atoms with Gasteiger partial charge in [0.25, 0.3) is 0 Å². The van der Waals surface area contributed by atoms with Crippen molar-refractivity contribution in [1.82, 2.24) is 15.2 Å². The summed E-state index contributed by atoms with van der Waals surface area (Å²) in [5.74, 6) is -0.889. The highest BCUT2D eigenvalue weighted by molar-refractivity contribution is 5.84. The Kier molecular flexibility index (Phi) is 5.24. The fourth-order valence-corrected chi connectivity index (χ4v) is 4.60. The van der Waals surface area contributed by atoms with Gasteiger partial charge in [0.2, 0.25) is 0 Å². The molecule has 2 heterocycles. The average molecular weight is 387 g/mol. The molecule has 0 unspecified atom stereocenters. The molecule has 1 aromatic heterocycles. The average Bonchev–Trinajstić information content (AvgIpc) is 3.11. The molecule has 0 bridgehead atoms. The number of aromatic nitrogens is 1. The third kappa shape index (κ3) is 3.84. The number of H-pyrrole nitrogens is 1. The lowest BCUT2D eigenvalue weighted by atomic mass is 9.86. The van der Waals surface area contributed by atoms with Crippen LogP contribution in [0.25, 0.3) is 10.9 Å². The number of hydrogen-bond acceptors (Lipinski definition) is 2. The molecule has 2 amide bonds. The van der Waals surface area contributed by atoms with Crippen molar-refractivity contribution < 1.29 is 19.1 Å². The number of carbonyl (C=O) groups is 2. The van der Waals surface area contributed by atoms with Gasteiger partial charge < -0.3 is 20.3 Å². The normalized spacial score (nSPS) is 23.7. The number of piperidine rings is 1. The summed E-state index contributed by atoms with van der Waals surface area (Å²) < 4.78 is 13.4. The van der Waals surface area contributed by atoms with E-state index < -0.39 is 5.97 Å². The van der Waals surface area contributed by atoms with Gasteiger partial charge in [-0.05, 0) is 68.2 Å². The topological polar surface area (TPSA) is 85.4 Å². The zero-order valence-corrected chi connectivity index (χ0v) is 15.8. The summed E-state index contributed by atoms with van der Waals surface area (Å²) in [5, 5.41) is 13.2. The van der Waals surface area contributed by atoms with E-state index in [2.05, 4.69) is 10.3 Å². The molecule has 2 aromatic rings. The lowest BCUT2D eigenvalue weighted by Gasteiger charge is -2.34. The minimum Gasteiger partial charge on any atom is -0.481 e. The number of urea groups is 1. The van der Waals surface area contributed by atoms with E-state index in [0.717, 1.165) is 36.6 Å². The molecule has 0 atom stereocenters. The molecular formula is C21H26FN3O3. The number of aromatic amines is 1. The van der Waals surface area contributed by atoms with Crippen molar-refractivity contribution in [1.29, 1.82) is 0 Å². The van der Waals surface area contributed by atoms with E-state index in [1.54, 1.807) is 0 Å². The fourth-order valence-electron chi connectivity index (χ4n) is 4.60. The van der Waals surface area contributed by atoms with Crippen LogP contribution >= 0.6 is 0 Å². The summed E-state index contributed by atoms with van der Waals surface area (Å²) in [6.07, 6.45) is 6.43. The summed E-state index contributed by atoms with van der Waals surface area (Å²) in [7, 11) is 0. The number of aliphatic carboxylic acids is 1. The van der Waals surface area contributed by atoms with E-state index in [0.29, 0.717) is 31.8 Å². The van der Waals surface area contributed by atoms with E-state index in [1.165, 1.54) is 17.7 Å². The molecule has 4 rings (SSSR count). The monoisotopic (exact) mass is 387 g/mol. The van der Waals surface area contributed by atoms with Gasteiger partial charge in [-0.1, -0.05) is 0 Å². The van der Waals surface area contributed by atoms with E-state index >= 15 is 0 Å². The van der Waals surface area contributed by atoms with Crippen molar-refractivity contribution in [3.8, 4) is 0 Å². The van der Waals surface area contributed by atoms with Crippen molar-refractivity contribution in [2.45, 2.75) is 50.5 Å². The first-order chi connectivity index (χ1) is 13.5. The Balaban J connectivity index is 1.30. The molecule has 6 nitrogen and oxygen atoms in total. The Morgan fingerprint density at radius 2 is 1.82 bits per heavy atom. The first-order valence-electron chi connectivity index (χ1n) is 10.1. The van der Waals surface area contributed by atoms with Crippen LogP contribution in [0.3, 0.4) is 0 Å². The van der Waals surface area contributed by atoms with Gasteiger partial charge in [-0.15, -0.1) is 0 Å². The molecule has 1 saturated heterocycles. The summed E-state index contributed by atoms with van der Waals surface area (Å²) >= 11 is 0. The quantitative estimate of drug-likeness (QED) is 0.748. The number of carbonyl (C=O) groups excluding carboxylic acids is 1. The van der Waals surface area contributed by atoms with Gasteiger partial charge in [0.05, 0.1) is 5.92 Å². The highest BCUT2D eigenvalue weighted by Crippen LogP contribution is 2.33. The van der Waals surface area contributed by atoms with Gasteiger partial charge in [-0.2, -0.15) is 0 Å². The lowest BCUT2D eigenvalue weighted by Crippen LogP contribution is -2.48. The van der Waals surface area contributed by atoms with Crippen molar-refractivity contribution in [2.75, 3.05) is 13.1 Å². The van der Waals surface area contributed by atoms with Gasteiger partial charge in [0.1, 0.15) is 5.82 Å². The maximum absolute atomic E-state index is 13.4. The zero-order valence-electron chi connectivity index (χ0n) is 15.8. The van der Waals surface area contributed by atoms with Crippen LogP contribution in [0.2, 0.25) is 0 Å². The van der Waals surface area contributed by atoms with E-state index in [1.807, 2.05) is 17.2 Å². The molecule has 2 fully saturated rings.